The second kappa shape index (κ2) is 9.49. The highest BCUT2D eigenvalue weighted by Gasteiger charge is 2.53. The van der Waals surface area contributed by atoms with E-state index in [1.54, 1.807) is 0 Å². The number of nitrogens with zero attached hydrogens (tertiary/aromatic N) is 2. The van der Waals surface area contributed by atoms with Crippen LogP contribution in [0.4, 0.5) is 27.6 Å². The van der Waals surface area contributed by atoms with E-state index in [1.807, 2.05) is 0 Å². The minimum atomic E-state index is -3.01. The van der Waals surface area contributed by atoms with E-state index < -0.39 is 41.2 Å². The molecule has 11 heteroatoms. The lowest BCUT2D eigenvalue weighted by atomic mass is 9.84. The van der Waals surface area contributed by atoms with Gasteiger partial charge in [-0.15, -0.1) is 0 Å². The molecular formula is C25H27F5N4O2. The topological polar surface area (TPSA) is 66.4 Å². The highest BCUT2D eigenvalue weighted by Crippen LogP contribution is 2.48. The Morgan fingerprint density at radius 2 is 1.86 bits per heavy atom. The first-order chi connectivity index (χ1) is 17.2. The maximum atomic E-state index is 14.4. The molecule has 2 bridgehead atoms. The lowest BCUT2D eigenvalue weighted by Crippen LogP contribution is -2.53. The maximum absolute atomic E-state index is 14.4. The van der Waals surface area contributed by atoms with Gasteiger partial charge in [-0.3, -0.25) is 9.59 Å². The van der Waals surface area contributed by atoms with Crippen LogP contribution in [0.25, 0.3) is 0 Å². The molecule has 194 valence electrons. The van der Waals surface area contributed by atoms with Gasteiger partial charge in [0.15, 0.2) is 0 Å². The molecule has 1 atom stereocenters. The standard InChI is InChI=1S/C25H27F5N4O2/c26-21-15(2-1-3-16(21)22(27)28)11-31-23(36)17-12-34(25(6-7-25)24(29)30)20(35)10-18(17)32-19-13-33-8-4-14(19)5-9-33/h1-3,10,12,14,19,22,24,32H,4-9,11,13H2,(H,31,36). The molecule has 1 aromatic heterocycles. The SMILES string of the molecule is O=C(NCc1cccc(C(F)F)c1F)c1cn(C2(C(F)F)CC2)c(=O)cc1NC1CN2CCC1CC2. The molecule has 6 rings (SSSR count). The van der Waals surface area contributed by atoms with Gasteiger partial charge in [-0.05, 0) is 44.7 Å². The minimum Gasteiger partial charge on any atom is -0.380 e. The number of hydrogen-bond donors (Lipinski definition) is 2. The number of hydrogen-bond acceptors (Lipinski definition) is 4. The Hall–Kier alpha value is -2.95. The molecule has 1 unspecified atom stereocenters. The van der Waals surface area contributed by atoms with Crippen LogP contribution in [0, 0.1) is 11.7 Å². The summed E-state index contributed by atoms with van der Waals surface area (Å²) in [6.07, 6.45) is -2.46. The Labute approximate surface area is 204 Å². The van der Waals surface area contributed by atoms with Crippen molar-refractivity contribution in [2.24, 2.45) is 5.92 Å². The normalized spacial score (nSPS) is 24.2. The Morgan fingerprint density at radius 1 is 1.14 bits per heavy atom. The molecule has 3 aliphatic heterocycles. The number of nitrogens with one attached hydrogen (secondary N) is 2. The van der Waals surface area contributed by atoms with Crippen molar-refractivity contribution < 1.29 is 26.7 Å². The van der Waals surface area contributed by atoms with Crippen LogP contribution in [0.1, 0.15) is 53.6 Å². The van der Waals surface area contributed by atoms with Gasteiger partial charge in [-0.2, -0.15) is 0 Å². The van der Waals surface area contributed by atoms with E-state index in [2.05, 4.69) is 15.5 Å². The summed E-state index contributed by atoms with van der Waals surface area (Å²) in [5.41, 5.74) is -2.98. The van der Waals surface area contributed by atoms with Gasteiger partial charge in [-0.1, -0.05) is 18.2 Å². The van der Waals surface area contributed by atoms with Gasteiger partial charge in [-0.25, -0.2) is 22.0 Å². The zero-order valence-corrected chi connectivity index (χ0v) is 19.5. The number of carbonyl (C=O) groups excluding carboxylic acids is 1. The second-order valence-electron chi connectivity index (χ2n) is 9.91. The van der Waals surface area contributed by atoms with E-state index in [0.29, 0.717) is 5.92 Å². The van der Waals surface area contributed by atoms with Crippen molar-refractivity contribution >= 4 is 11.6 Å². The number of halogens is 5. The van der Waals surface area contributed by atoms with E-state index in [0.717, 1.165) is 49.3 Å². The molecule has 0 radical (unpaired) electrons. The monoisotopic (exact) mass is 510 g/mol. The number of alkyl halides is 4. The molecular weight excluding hydrogens is 483 g/mol. The number of carbonyl (C=O) groups is 1. The molecule has 2 N–H and O–H groups in total. The fourth-order valence-corrected chi connectivity index (χ4v) is 5.38. The number of benzene rings is 1. The van der Waals surface area contributed by atoms with Crippen molar-refractivity contribution in [1.82, 2.24) is 14.8 Å². The first-order valence-corrected chi connectivity index (χ1v) is 12.1. The molecule has 6 nitrogen and oxygen atoms in total. The maximum Gasteiger partial charge on any atom is 0.266 e. The van der Waals surface area contributed by atoms with E-state index in [4.69, 9.17) is 0 Å². The van der Waals surface area contributed by atoms with Crippen molar-refractivity contribution in [3.05, 3.63) is 63.3 Å². The molecule has 2 aromatic rings. The zero-order valence-electron chi connectivity index (χ0n) is 19.5. The zero-order chi connectivity index (χ0) is 25.6. The van der Waals surface area contributed by atoms with Gasteiger partial charge in [0.2, 0.25) is 0 Å². The largest absolute Gasteiger partial charge is 0.380 e. The summed E-state index contributed by atoms with van der Waals surface area (Å²) in [6.45, 7) is 2.32. The lowest BCUT2D eigenvalue weighted by molar-refractivity contribution is 0.0648. The molecule has 0 spiro atoms. The van der Waals surface area contributed by atoms with Crippen LogP contribution in [-0.2, 0) is 12.1 Å². The molecule has 4 aliphatic rings. The Kier molecular flexibility index (Phi) is 6.52. The summed E-state index contributed by atoms with van der Waals surface area (Å²) in [6, 6.07) is 4.68. The van der Waals surface area contributed by atoms with E-state index in [1.165, 1.54) is 18.2 Å². The molecule has 3 saturated heterocycles. The van der Waals surface area contributed by atoms with Crippen molar-refractivity contribution in [1.29, 1.82) is 0 Å². The summed E-state index contributed by atoms with van der Waals surface area (Å²) in [7, 11) is 0. The first-order valence-electron chi connectivity index (χ1n) is 12.1. The molecule has 4 heterocycles. The average molecular weight is 511 g/mol. The van der Waals surface area contributed by atoms with Crippen LogP contribution in [0.2, 0.25) is 0 Å². The van der Waals surface area contributed by atoms with Crippen LogP contribution in [0.5, 0.6) is 0 Å². The highest BCUT2D eigenvalue weighted by molar-refractivity contribution is 5.99. The van der Waals surface area contributed by atoms with Crippen LogP contribution in [0.15, 0.2) is 35.3 Å². The summed E-state index contributed by atoms with van der Waals surface area (Å²) in [5, 5.41) is 5.79. The summed E-state index contributed by atoms with van der Waals surface area (Å²) in [5.74, 6) is -1.48. The summed E-state index contributed by atoms with van der Waals surface area (Å²) >= 11 is 0. The van der Waals surface area contributed by atoms with Gasteiger partial charge in [0.05, 0.1) is 16.8 Å². The van der Waals surface area contributed by atoms with Crippen molar-refractivity contribution in [2.45, 2.75) is 56.7 Å². The number of amides is 1. The molecule has 1 saturated carbocycles. The third kappa shape index (κ3) is 4.49. The molecule has 1 amide bonds. The van der Waals surface area contributed by atoms with E-state index in [-0.39, 0.29) is 42.2 Å². The van der Waals surface area contributed by atoms with Crippen LogP contribution in [-0.4, -0.2) is 47.5 Å². The fourth-order valence-electron chi connectivity index (χ4n) is 5.38. The van der Waals surface area contributed by atoms with Crippen molar-refractivity contribution in [3.8, 4) is 0 Å². The van der Waals surface area contributed by atoms with Crippen molar-refractivity contribution in [2.75, 3.05) is 25.0 Å². The molecule has 1 aliphatic carbocycles. The quantitative estimate of drug-likeness (QED) is 0.525. The van der Waals surface area contributed by atoms with Crippen molar-refractivity contribution in [3.63, 3.8) is 0 Å². The van der Waals surface area contributed by atoms with Gasteiger partial charge >= 0.3 is 0 Å². The third-order valence-corrected chi connectivity index (χ3v) is 7.73. The summed E-state index contributed by atoms with van der Waals surface area (Å²) < 4.78 is 69.0. The smallest absolute Gasteiger partial charge is 0.266 e. The van der Waals surface area contributed by atoms with Gasteiger partial charge in [0.1, 0.15) is 11.4 Å². The number of rotatable bonds is 8. The highest BCUT2D eigenvalue weighted by atomic mass is 19.3. The van der Waals surface area contributed by atoms with Crippen LogP contribution >= 0.6 is 0 Å². The van der Waals surface area contributed by atoms with Crippen LogP contribution < -0.4 is 16.2 Å². The molecule has 4 fully saturated rings. The van der Waals surface area contributed by atoms with Gasteiger partial charge < -0.3 is 20.1 Å². The summed E-state index contributed by atoms with van der Waals surface area (Å²) in [4.78, 5) is 28.4. The van der Waals surface area contributed by atoms with Gasteiger partial charge in [0, 0.05) is 37.0 Å². The number of pyridine rings is 1. The number of aromatic nitrogens is 1. The Morgan fingerprint density at radius 3 is 2.44 bits per heavy atom. The minimum absolute atomic E-state index is 0.0144. The third-order valence-electron chi connectivity index (χ3n) is 7.73. The number of anilines is 1. The number of fused-ring (bicyclic) bond motifs is 3. The predicted molar refractivity (Wildman–Crippen MR) is 123 cm³/mol. The fraction of sp³-hybridized carbons (Fsp3) is 0.520. The Bertz CT molecular complexity index is 1210. The second-order valence-corrected chi connectivity index (χ2v) is 9.91. The Balaban J connectivity index is 1.44. The lowest BCUT2D eigenvalue weighted by Gasteiger charge is -2.45. The van der Waals surface area contributed by atoms with E-state index >= 15 is 0 Å². The van der Waals surface area contributed by atoms with Gasteiger partial charge in [0.25, 0.3) is 24.3 Å². The first kappa shape index (κ1) is 24.7. The number of piperidine rings is 3. The van der Waals surface area contributed by atoms with Crippen LogP contribution in [0.3, 0.4) is 0 Å². The molecule has 1 aromatic carbocycles. The predicted octanol–water partition coefficient (Wildman–Crippen LogP) is 4.12. The average Bonchev–Trinajstić information content (AvgIpc) is 3.66. The van der Waals surface area contributed by atoms with E-state index in [9.17, 15) is 31.5 Å². The molecule has 36 heavy (non-hydrogen) atoms.